The summed E-state index contributed by atoms with van der Waals surface area (Å²) < 4.78 is 55.1. The Kier molecular flexibility index (Phi) is 6.69. The first-order valence-electron chi connectivity index (χ1n) is 11.3. The monoisotopic (exact) mass is 501 g/mol. The number of likely N-dealkylation sites (tertiary alicyclic amines) is 1. The van der Waals surface area contributed by atoms with Crippen molar-refractivity contribution in [3.05, 3.63) is 29.6 Å². The van der Waals surface area contributed by atoms with E-state index in [-0.39, 0.29) is 49.1 Å². The molecule has 2 atom stereocenters. The summed E-state index contributed by atoms with van der Waals surface area (Å²) in [5.74, 6) is -1.73. The summed E-state index contributed by atoms with van der Waals surface area (Å²) in [7, 11) is 1.52. The van der Waals surface area contributed by atoms with Crippen LogP contribution >= 0.6 is 0 Å². The van der Waals surface area contributed by atoms with Crippen LogP contribution in [0.4, 0.5) is 27.2 Å². The Morgan fingerprint density at radius 1 is 1.29 bits per heavy atom. The van der Waals surface area contributed by atoms with Crippen LogP contribution in [-0.2, 0) is 11.3 Å². The largest absolute Gasteiger partial charge is 0.573 e. The van der Waals surface area contributed by atoms with E-state index >= 15 is 0 Å². The van der Waals surface area contributed by atoms with Gasteiger partial charge in [-0.1, -0.05) is 6.07 Å². The Labute approximate surface area is 199 Å². The lowest BCUT2D eigenvalue weighted by molar-refractivity contribution is -0.274. The number of alkyl halides is 3. The van der Waals surface area contributed by atoms with E-state index in [0.29, 0.717) is 25.6 Å². The highest BCUT2D eigenvalue weighted by Crippen LogP contribution is 2.40. The summed E-state index contributed by atoms with van der Waals surface area (Å²) >= 11 is 0. The lowest BCUT2D eigenvalue weighted by atomic mass is 9.76. The average molecular weight is 501 g/mol. The van der Waals surface area contributed by atoms with Gasteiger partial charge in [-0.3, -0.25) is 4.79 Å². The predicted octanol–water partition coefficient (Wildman–Crippen LogP) is 2.32. The number of amides is 5. The summed E-state index contributed by atoms with van der Waals surface area (Å²) in [5, 5.41) is 8.08. The van der Waals surface area contributed by atoms with Crippen LogP contribution in [-0.4, -0.2) is 72.9 Å². The third kappa shape index (κ3) is 5.88. The van der Waals surface area contributed by atoms with Gasteiger partial charge in [-0.25, -0.2) is 14.0 Å². The molecule has 0 aromatic heterocycles. The van der Waals surface area contributed by atoms with Crippen molar-refractivity contribution in [1.29, 1.82) is 0 Å². The van der Waals surface area contributed by atoms with E-state index < -0.39 is 29.4 Å². The smallest absolute Gasteiger partial charge is 0.406 e. The molecule has 0 bridgehead atoms. The molecule has 0 radical (unpaired) electrons. The highest BCUT2D eigenvalue weighted by molar-refractivity contribution is 5.80. The summed E-state index contributed by atoms with van der Waals surface area (Å²) in [4.78, 5) is 40.9. The molecule has 4 rings (SSSR count). The van der Waals surface area contributed by atoms with Crippen molar-refractivity contribution in [2.45, 2.75) is 50.7 Å². The number of halogens is 4. The Morgan fingerprint density at radius 3 is 2.60 bits per heavy atom. The van der Waals surface area contributed by atoms with Crippen molar-refractivity contribution >= 4 is 18.0 Å². The molecule has 2 heterocycles. The second-order valence-electron chi connectivity index (χ2n) is 9.35. The van der Waals surface area contributed by atoms with Gasteiger partial charge in [0.25, 0.3) is 0 Å². The summed E-state index contributed by atoms with van der Waals surface area (Å²) in [6.07, 6.45) is -2.58. The Hall–Kier alpha value is -3.25. The SMILES string of the molecule is CNC(=O)N1C[C@H](N(C(=O)NCc2ccc(OC(F)(F)F)cc2F)C2CC2)C[C@]2(CNC(=O)C2)C1. The third-order valence-corrected chi connectivity index (χ3v) is 6.58. The Morgan fingerprint density at radius 2 is 2.03 bits per heavy atom. The zero-order chi connectivity index (χ0) is 25.4. The van der Waals surface area contributed by atoms with Crippen molar-refractivity contribution in [3.8, 4) is 5.75 Å². The Balaban J connectivity index is 1.46. The van der Waals surface area contributed by atoms with E-state index in [4.69, 9.17) is 0 Å². The fourth-order valence-corrected chi connectivity index (χ4v) is 4.97. The molecule has 192 valence electrons. The van der Waals surface area contributed by atoms with E-state index in [0.717, 1.165) is 25.0 Å². The number of urea groups is 2. The minimum absolute atomic E-state index is 0.00122. The van der Waals surface area contributed by atoms with Crippen LogP contribution in [0.2, 0.25) is 0 Å². The molecule has 1 aromatic carbocycles. The first-order chi connectivity index (χ1) is 16.5. The van der Waals surface area contributed by atoms with E-state index in [2.05, 4.69) is 20.7 Å². The molecule has 2 aliphatic heterocycles. The molecule has 1 aliphatic carbocycles. The van der Waals surface area contributed by atoms with Crippen molar-refractivity contribution in [2.24, 2.45) is 5.41 Å². The number of piperidine rings is 1. The van der Waals surface area contributed by atoms with E-state index in [1.54, 1.807) is 9.80 Å². The second kappa shape index (κ2) is 9.42. The van der Waals surface area contributed by atoms with Gasteiger partial charge >= 0.3 is 18.4 Å². The summed E-state index contributed by atoms with van der Waals surface area (Å²) in [6.45, 7) is 0.849. The van der Waals surface area contributed by atoms with Gasteiger partial charge in [0.05, 0.1) is 6.04 Å². The molecule has 3 N–H and O–H groups in total. The highest BCUT2D eigenvalue weighted by atomic mass is 19.4. The number of ether oxygens (including phenoxy) is 1. The number of nitrogens with zero attached hydrogens (tertiary/aromatic N) is 2. The highest BCUT2D eigenvalue weighted by Gasteiger charge is 2.50. The van der Waals surface area contributed by atoms with Crippen molar-refractivity contribution in [2.75, 3.05) is 26.7 Å². The minimum Gasteiger partial charge on any atom is -0.406 e. The molecule has 2 saturated heterocycles. The molecule has 3 aliphatic rings. The molecular formula is C22H27F4N5O4. The first kappa shape index (κ1) is 24.9. The van der Waals surface area contributed by atoms with Crippen LogP contribution in [0.1, 0.15) is 31.2 Å². The van der Waals surface area contributed by atoms with Crippen LogP contribution in [0, 0.1) is 11.2 Å². The van der Waals surface area contributed by atoms with Gasteiger partial charge in [-0.05, 0) is 25.3 Å². The van der Waals surface area contributed by atoms with E-state index in [9.17, 15) is 31.9 Å². The van der Waals surface area contributed by atoms with Crippen LogP contribution in [0.15, 0.2) is 18.2 Å². The second-order valence-corrected chi connectivity index (χ2v) is 9.35. The lowest BCUT2D eigenvalue weighted by Gasteiger charge is -2.47. The van der Waals surface area contributed by atoms with Crippen LogP contribution in [0.3, 0.4) is 0 Å². The maximum Gasteiger partial charge on any atom is 0.573 e. The number of rotatable bonds is 5. The summed E-state index contributed by atoms with van der Waals surface area (Å²) in [6, 6.07) is 1.56. The number of hydrogen-bond donors (Lipinski definition) is 3. The van der Waals surface area contributed by atoms with Crippen LogP contribution in [0.5, 0.6) is 5.75 Å². The van der Waals surface area contributed by atoms with Gasteiger partial charge < -0.3 is 30.5 Å². The van der Waals surface area contributed by atoms with E-state index in [1.807, 2.05) is 0 Å². The molecule has 35 heavy (non-hydrogen) atoms. The molecule has 0 unspecified atom stereocenters. The van der Waals surface area contributed by atoms with Gasteiger partial charge in [0.1, 0.15) is 11.6 Å². The minimum atomic E-state index is -4.94. The third-order valence-electron chi connectivity index (χ3n) is 6.58. The number of hydrogen-bond acceptors (Lipinski definition) is 4. The zero-order valence-corrected chi connectivity index (χ0v) is 19.1. The molecule has 13 heteroatoms. The zero-order valence-electron chi connectivity index (χ0n) is 19.1. The van der Waals surface area contributed by atoms with Gasteiger partial charge in [0.2, 0.25) is 5.91 Å². The number of carbonyl (C=O) groups is 3. The fourth-order valence-electron chi connectivity index (χ4n) is 4.97. The molecule has 9 nitrogen and oxygen atoms in total. The van der Waals surface area contributed by atoms with Crippen molar-refractivity contribution in [1.82, 2.24) is 25.8 Å². The van der Waals surface area contributed by atoms with Gasteiger partial charge in [0, 0.05) is 62.7 Å². The number of nitrogens with one attached hydrogen (secondary N) is 3. The van der Waals surface area contributed by atoms with Crippen molar-refractivity contribution in [3.63, 3.8) is 0 Å². The normalized spacial score (nSPS) is 24.2. The molecule has 1 spiro atoms. The molecular weight excluding hydrogens is 474 g/mol. The number of benzene rings is 1. The Bertz CT molecular complexity index is 1000. The molecule has 5 amide bonds. The lowest BCUT2D eigenvalue weighted by Crippen LogP contribution is -2.61. The van der Waals surface area contributed by atoms with Gasteiger partial charge in [0.15, 0.2) is 0 Å². The quantitative estimate of drug-likeness (QED) is 0.539. The average Bonchev–Trinajstić information content (AvgIpc) is 3.54. The van der Waals surface area contributed by atoms with Gasteiger partial charge in [-0.2, -0.15) is 0 Å². The fraction of sp³-hybridized carbons (Fsp3) is 0.591. The van der Waals surface area contributed by atoms with Gasteiger partial charge in [-0.15, -0.1) is 13.2 Å². The maximum atomic E-state index is 14.3. The molecule has 1 aromatic rings. The topological polar surface area (TPSA) is 103 Å². The molecule has 1 saturated carbocycles. The van der Waals surface area contributed by atoms with Crippen LogP contribution < -0.4 is 20.7 Å². The predicted molar refractivity (Wildman–Crippen MR) is 115 cm³/mol. The standard InChI is InChI=1S/C22H27F4N5O4/c1-27-19(33)30-10-15(7-21(12-30)8-18(32)29-11-21)31(14-3-4-14)20(34)28-9-13-2-5-16(6-17(13)23)35-22(24,25)26/h2,5-6,14-15H,3-4,7-12H2,1H3,(H,27,33)(H,28,34)(H,29,32)/t15-,21+/m1/s1. The number of carbonyl (C=O) groups excluding carboxylic acids is 3. The van der Waals surface area contributed by atoms with E-state index in [1.165, 1.54) is 7.05 Å². The van der Waals surface area contributed by atoms with Crippen molar-refractivity contribution < 1.29 is 36.7 Å². The first-order valence-corrected chi connectivity index (χ1v) is 11.3. The maximum absolute atomic E-state index is 14.3. The van der Waals surface area contributed by atoms with Crippen LogP contribution in [0.25, 0.3) is 0 Å². The molecule has 3 fully saturated rings. The summed E-state index contributed by atoms with van der Waals surface area (Å²) in [5.41, 5.74) is -0.485.